The number of nitrogens with two attached hydrogens (primary N) is 2. The molecule has 0 fully saturated rings. The first-order valence-electron chi connectivity index (χ1n) is 9.26. The average molecular weight is 447 g/mol. The number of imidazole rings is 1. The summed E-state index contributed by atoms with van der Waals surface area (Å²) in [6.45, 7) is 0. The molecule has 160 valence electrons. The van der Waals surface area contributed by atoms with E-state index in [2.05, 4.69) is 9.98 Å². The van der Waals surface area contributed by atoms with Crippen molar-refractivity contribution in [3.05, 3.63) is 48.5 Å². The maximum Gasteiger partial charge on any atom is 0.162 e. The fraction of sp³-hybridized carbons (Fsp3) is 0.316. The minimum atomic E-state index is -0.993. The number of hydrogen-bond donors (Lipinski definition) is 6. The number of aliphatic imine (C=N–C) groups is 1. The van der Waals surface area contributed by atoms with Gasteiger partial charge in [-0.05, 0) is 66.9 Å². The van der Waals surface area contributed by atoms with E-state index in [1.165, 1.54) is 0 Å². The van der Waals surface area contributed by atoms with Crippen molar-refractivity contribution in [1.82, 2.24) is 9.55 Å². The molecule has 0 aliphatic heterocycles. The predicted molar refractivity (Wildman–Crippen MR) is 126 cm³/mol. The van der Waals surface area contributed by atoms with Crippen molar-refractivity contribution in [2.24, 2.45) is 16.5 Å². The van der Waals surface area contributed by atoms with E-state index in [0.29, 0.717) is 29.3 Å². The smallest absolute Gasteiger partial charge is 0.162 e. The monoisotopic (exact) mass is 446 g/mol. The number of hydrogen-bond acceptors (Lipinski definition) is 8. The van der Waals surface area contributed by atoms with Gasteiger partial charge in [-0.25, -0.2) is 9.98 Å². The maximum atomic E-state index is 10.2. The van der Waals surface area contributed by atoms with Gasteiger partial charge in [0, 0.05) is 24.5 Å². The number of nitrogens with one attached hydrogen (secondary N) is 3. The summed E-state index contributed by atoms with van der Waals surface area (Å²) in [5, 5.41) is 33.8. The Labute approximate surface area is 183 Å². The third-order valence-electron chi connectivity index (χ3n) is 3.93. The molecule has 2 aromatic rings. The SMILES string of the molecule is N=C(N)SC(=N)CCCCC(=N)SC(N)=NC(O)Cc1cccc(-n2ccnc2)c1. The van der Waals surface area contributed by atoms with Gasteiger partial charge in [0.15, 0.2) is 16.6 Å². The fourth-order valence-electron chi connectivity index (χ4n) is 2.62. The van der Waals surface area contributed by atoms with E-state index in [0.717, 1.165) is 47.6 Å². The third-order valence-corrected chi connectivity index (χ3v) is 5.36. The standard InChI is InChI=1S/C19H26N8OS2/c20-15(29-18(22)23)6-1-2-7-16(21)30-19(24)26-17(28)11-13-4-3-5-14(10-13)27-9-8-25-12-27/h3-5,8-10,12,17,20-21,28H,1-2,6-7,11H2,(H3,22,23)(H2,24,26). The Kier molecular flexibility index (Phi) is 9.58. The van der Waals surface area contributed by atoms with Crippen LogP contribution in [0, 0.1) is 16.2 Å². The van der Waals surface area contributed by atoms with Crippen LogP contribution in [0.15, 0.2) is 48.0 Å². The van der Waals surface area contributed by atoms with E-state index in [1.54, 1.807) is 12.5 Å². The van der Waals surface area contributed by atoms with Gasteiger partial charge in [-0.1, -0.05) is 12.1 Å². The average Bonchev–Trinajstić information content (AvgIpc) is 3.19. The Bertz CT molecular complexity index is 898. The van der Waals surface area contributed by atoms with Gasteiger partial charge in [-0.2, -0.15) is 0 Å². The van der Waals surface area contributed by atoms with Crippen molar-refractivity contribution in [1.29, 1.82) is 16.2 Å². The zero-order valence-electron chi connectivity index (χ0n) is 16.4. The molecule has 0 aliphatic rings. The van der Waals surface area contributed by atoms with Gasteiger partial charge in [0.25, 0.3) is 0 Å². The number of thioether (sulfide) groups is 2. The van der Waals surface area contributed by atoms with Gasteiger partial charge < -0.3 is 21.1 Å². The van der Waals surface area contributed by atoms with Crippen LogP contribution in [0.1, 0.15) is 31.2 Å². The summed E-state index contributed by atoms with van der Waals surface area (Å²) in [5.74, 6) is 0. The summed E-state index contributed by atoms with van der Waals surface area (Å²) in [6, 6.07) is 7.72. The highest BCUT2D eigenvalue weighted by Crippen LogP contribution is 2.15. The number of benzene rings is 1. The second kappa shape index (κ2) is 12.2. The van der Waals surface area contributed by atoms with Crippen LogP contribution in [0.3, 0.4) is 0 Å². The first-order chi connectivity index (χ1) is 14.3. The largest absolute Gasteiger partial charge is 0.378 e. The van der Waals surface area contributed by atoms with E-state index in [-0.39, 0.29) is 10.3 Å². The molecule has 2 rings (SSSR count). The molecule has 1 aromatic carbocycles. The lowest BCUT2D eigenvalue weighted by Crippen LogP contribution is -2.17. The Morgan fingerprint density at radius 2 is 1.83 bits per heavy atom. The first kappa shape index (κ1) is 23.6. The van der Waals surface area contributed by atoms with E-state index < -0.39 is 6.23 Å². The number of amidine groups is 2. The summed E-state index contributed by atoms with van der Waals surface area (Å²) in [7, 11) is 0. The Hall–Kier alpha value is -2.63. The van der Waals surface area contributed by atoms with Crippen molar-refractivity contribution < 1.29 is 5.11 Å². The zero-order valence-corrected chi connectivity index (χ0v) is 18.0. The van der Waals surface area contributed by atoms with E-state index in [4.69, 9.17) is 27.7 Å². The molecule has 0 amide bonds. The lowest BCUT2D eigenvalue weighted by molar-refractivity contribution is 0.185. The van der Waals surface area contributed by atoms with E-state index in [1.807, 2.05) is 35.0 Å². The van der Waals surface area contributed by atoms with Crippen LogP contribution < -0.4 is 11.5 Å². The molecular formula is C19H26N8OS2. The highest BCUT2D eigenvalue weighted by Gasteiger charge is 2.09. The fourth-order valence-corrected chi connectivity index (χ4v) is 3.80. The lowest BCUT2D eigenvalue weighted by Gasteiger charge is -2.10. The number of nitrogens with zero attached hydrogens (tertiary/aromatic N) is 3. The summed E-state index contributed by atoms with van der Waals surface area (Å²) < 4.78 is 1.88. The Balaban J connectivity index is 1.75. The van der Waals surface area contributed by atoms with Gasteiger partial charge in [0.1, 0.15) is 0 Å². The molecule has 0 bridgehead atoms. The normalized spacial score (nSPS) is 12.5. The maximum absolute atomic E-state index is 10.2. The minimum absolute atomic E-state index is 0.0840. The minimum Gasteiger partial charge on any atom is -0.378 e. The topological polar surface area (TPSA) is 174 Å². The van der Waals surface area contributed by atoms with Crippen LogP contribution in [-0.2, 0) is 6.42 Å². The second-order valence-electron chi connectivity index (χ2n) is 6.41. The molecule has 1 unspecified atom stereocenters. The first-order valence-corrected chi connectivity index (χ1v) is 10.9. The molecule has 0 saturated heterocycles. The second-order valence-corrected chi connectivity index (χ2v) is 8.67. The Morgan fingerprint density at radius 1 is 1.13 bits per heavy atom. The molecule has 1 aromatic heterocycles. The van der Waals surface area contributed by atoms with Gasteiger partial charge in [0.2, 0.25) is 0 Å². The van der Waals surface area contributed by atoms with E-state index in [9.17, 15) is 5.11 Å². The molecule has 30 heavy (non-hydrogen) atoms. The van der Waals surface area contributed by atoms with Crippen molar-refractivity contribution in [3.8, 4) is 5.69 Å². The molecular weight excluding hydrogens is 420 g/mol. The molecule has 9 nitrogen and oxygen atoms in total. The highest BCUT2D eigenvalue weighted by molar-refractivity contribution is 8.26. The third kappa shape index (κ3) is 8.80. The number of unbranched alkanes of at least 4 members (excludes halogenated alkanes) is 1. The van der Waals surface area contributed by atoms with Gasteiger partial charge >= 0.3 is 0 Å². The van der Waals surface area contributed by atoms with Crippen LogP contribution in [0.5, 0.6) is 0 Å². The molecule has 0 radical (unpaired) electrons. The summed E-state index contributed by atoms with van der Waals surface area (Å²) in [6.07, 6.45) is 7.08. The Morgan fingerprint density at radius 3 is 2.47 bits per heavy atom. The molecule has 0 saturated carbocycles. The number of aliphatic hydroxyl groups is 1. The van der Waals surface area contributed by atoms with Crippen molar-refractivity contribution >= 4 is 43.9 Å². The molecule has 0 aliphatic carbocycles. The van der Waals surface area contributed by atoms with Crippen LogP contribution >= 0.6 is 23.5 Å². The highest BCUT2D eigenvalue weighted by atomic mass is 32.2. The molecule has 11 heteroatoms. The number of aromatic nitrogens is 2. The van der Waals surface area contributed by atoms with Gasteiger partial charge in [-0.3, -0.25) is 16.2 Å². The van der Waals surface area contributed by atoms with Gasteiger partial charge in [0.05, 0.1) is 16.4 Å². The van der Waals surface area contributed by atoms with Crippen LogP contribution in [0.2, 0.25) is 0 Å². The van der Waals surface area contributed by atoms with E-state index >= 15 is 0 Å². The summed E-state index contributed by atoms with van der Waals surface area (Å²) >= 11 is 1.98. The van der Waals surface area contributed by atoms with Crippen LogP contribution in [-0.4, -0.2) is 41.3 Å². The molecule has 1 atom stereocenters. The van der Waals surface area contributed by atoms with Crippen LogP contribution in [0.25, 0.3) is 5.69 Å². The van der Waals surface area contributed by atoms with Crippen molar-refractivity contribution in [3.63, 3.8) is 0 Å². The zero-order chi connectivity index (χ0) is 21.9. The summed E-state index contributed by atoms with van der Waals surface area (Å²) in [5.41, 5.74) is 13.0. The molecule has 8 N–H and O–H groups in total. The quantitative estimate of drug-likeness (QED) is 0.196. The lowest BCUT2D eigenvalue weighted by atomic mass is 10.1. The van der Waals surface area contributed by atoms with Crippen molar-refractivity contribution in [2.45, 2.75) is 38.3 Å². The number of aliphatic hydroxyl groups excluding tert-OH is 1. The summed E-state index contributed by atoms with van der Waals surface area (Å²) in [4.78, 5) is 8.10. The molecule has 1 heterocycles. The van der Waals surface area contributed by atoms with Crippen molar-refractivity contribution in [2.75, 3.05) is 0 Å². The van der Waals surface area contributed by atoms with Gasteiger partial charge in [-0.15, -0.1) is 0 Å². The predicted octanol–water partition coefficient (Wildman–Crippen LogP) is 2.92. The van der Waals surface area contributed by atoms with Crippen LogP contribution in [0.4, 0.5) is 0 Å². The molecule has 0 spiro atoms. The number of rotatable bonds is 9.